The van der Waals surface area contributed by atoms with Crippen molar-refractivity contribution in [2.75, 3.05) is 0 Å². The van der Waals surface area contributed by atoms with Gasteiger partial charge in [-0.15, -0.1) is 0 Å². The van der Waals surface area contributed by atoms with E-state index in [4.69, 9.17) is 25.8 Å². The zero-order valence-electron chi connectivity index (χ0n) is 20.1. The highest BCUT2D eigenvalue weighted by molar-refractivity contribution is 6.35. The van der Waals surface area contributed by atoms with Gasteiger partial charge in [0.2, 0.25) is 17.5 Å². The van der Waals surface area contributed by atoms with Crippen LogP contribution < -0.4 is 7.58 Å². The molecule has 6 aromatic rings. The van der Waals surface area contributed by atoms with E-state index in [9.17, 15) is 5.26 Å². The van der Waals surface area contributed by atoms with Gasteiger partial charge in [-0.25, -0.2) is 14.8 Å². The summed E-state index contributed by atoms with van der Waals surface area (Å²) in [5, 5.41) is 9.65. The molecular weight excluding hydrogens is 526 g/mol. The van der Waals surface area contributed by atoms with Crippen molar-refractivity contribution in [2.24, 2.45) is 0 Å². The van der Waals surface area contributed by atoms with E-state index in [1.807, 2.05) is 48.5 Å². The summed E-state index contributed by atoms with van der Waals surface area (Å²) in [6, 6.07) is 27.4. The average Bonchev–Trinajstić information content (AvgIpc) is 3.61. The Balaban J connectivity index is 1.19. The highest BCUT2D eigenvalue weighted by Crippen LogP contribution is 2.39. The number of nitrogens with zero attached hydrogens (tertiary/aromatic N) is 4. The Labute approximate surface area is 235 Å². The molecule has 0 saturated carbocycles. The van der Waals surface area contributed by atoms with E-state index in [0.29, 0.717) is 67.9 Å². The van der Waals surface area contributed by atoms with Crippen LogP contribution in [0, 0.1) is 17.9 Å². The second kappa shape index (κ2) is 11.0. The molecule has 0 aliphatic heterocycles. The zero-order valence-corrected chi connectivity index (χ0v) is 22.4. The Morgan fingerprint density at radius 1 is 0.718 bits per heavy atom. The summed E-state index contributed by atoms with van der Waals surface area (Å²) in [7, 11) is 0. The minimum atomic E-state index is -1.05. The van der Waals surface area contributed by atoms with Crippen LogP contribution in [0.3, 0.4) is 0 Å². The highest BCUT2D eigenvalue weighted by Gasteiger charge is 2.21. The summed E-state index contributed by atoms with van der Waals surface area (Å²) in [6.45, 7) is 7.57. The third kappa shape index (κ3) is 4.98. The molecule has 0 fully saturated rings. The number of hydrogen-bond donors (Lipinski definition) is 0. The third-order valence-corrected chi connectivity index (χ3v) is 7.29. The predicted octanol–water partition coefficient (Wildman–Crippen LogP) is 6.27. The van der Waals surface area contributed by atoms with Gasteiger partial charge in [-0.2, -0.15) is 5.26 Å². The van der Waals surface area contributed by atoms with Gasteiger partial charge in [0.1, 0.15) is 22.9 Å². The smallest absolute Gasteiger partial charge is 0.635 e. The lowest BCUT2D eigenvalue weighted by molar-refractivity contribution is 0.417. The lowest BCUT2D eigenvalue weighted by Gasteiger charge is -2.14. The predicted molar refractivity (Wildman–Crippen MR) is 144 cm³/mol. The van der Waals surface area contributed by atoms with Crippen molar-refractivity contribution in [1.82, 2.24) is 9.97 Å². The van der Waals surface area contributed by atoms with Crippen LogP contribution in [0.25, 0.3) is 50.0 Å². The van der Waals surface area contributed by atoms with Crippen molar-refractivity contribution in [1.29, 1.82) is 5.26 Å². The fourth-order valence-corrected chi connectivity index (χ4v) is 5.29. The fourth-order valence-electron chi connectivity index (χ4n) is 3.97. The first-order valence-corrected chi connectivity index (χ1v) is 13.5. The highest BCUT2D eigenvalue weighted by atomic mass is 27.3. The van der Waals surface area contributed by atoms with Crippen LogP contribution in [0.1, 0.15) is 5.56 Å². The zero-order chi connectivity index (χ0) is 26.6. The number of benzene rings is 4. The van der Waals surface area contributed by atoms with Crippen LogP contribution in [0.4, 0.5) is 5.69 Å². The van der Waals surface area contributed by atoms with E-state index >= 15 is 0 Å². The molecule has 0 bridgehead atoms. The first kappa shape index (κ1) is 24.7. The van der Waals surface area contributed by atoms with Gasteiger partial charge in [0, 0.05) is 0 Å². The van der Waals surface area contributed by atoms with E-state index in [0.717, 1.165) is 0 Å². The van der Waals surface area contributed by atoms with Crippen molar-refractivity contribution >= 4 is 59.7 Å². The van der Waals surface area contributed by atoms with Gasteiger partial charge in [0.25, 0.3) is 0 Å². The van der Waals surface area contributed by atoms with Gasteiger partial charge in [0.05, 0.1) is 29.0 Å². The summed E-state index contributed by atoms with van der Waals surface area (Å²) < 4.78 is 29.4. The molecule has 0 spiro atoms. The molecule has 9 nitrogen and oxygen atoms in total. The molecule has 0 saturated heterocycles. The maximum atomic E-state index is 9.65. The van der Waals surface area contributed by atoms with Crippen molar-refractivity contribution in [2.45, 2.75) is 0 Å². The molecule has 39 heavy (non-hydrogen) atoms. The Morgan fingerprint density at radius 2 is 1.28 bits per heavy atom. The normalized spacial score (nSPS) is 10.6. The van der Waals surface area contributed by atoms with Gasteiger partial charge in [-0.3, -0.25) is 0 Å². The van der Waals surface area contributed by atoms with Crippen LogP contribution in [0.5, 0.6) is 11.5 Å². The van der Waals surface area contributed by atoms with E-state index in [1.54, 1.807) is 36.4 Å². The van der Waals surface area contributed by atoms with Gasteiger partial charge in [0.15, 0.2) is 11.2 Å². The van der Waals surface area contributed by atoms with Gasteiger partial charge in [-0.1, -0.05) is 42.5 Å². The summed E-state index contributed by atoms with van der Waals surface area (Å²) >= 11 is -2.11. The molecular formula is C28H14Al2N4O5. The third-order valence-electron chi connectivity index (χ3n) is 5.74. The van der Waals surface area contributed by atoms with E-state index in [2.05, 4.69) is 20.9 Å². The molecule has 0 unspecified atom stereocenters. The topological polar surface area (TPSA) is 108 Å². The largest absolute Gasteiger partial charge is 0.743 e. The molecule has 2 aromatic heterocycles. The van der Waals surface area contributed by atoms with Gasteiger partial charge >= 0.3 is 31.8 Å². The Bertz CT molecular complexity index is 1700. The van der Waals surface area contributed by atoms with Crippen molar-refractivity contribution in [3.05, 3.63) is 102 Å². The first-order valence-electron chi connectivity index (χ1n) is 11.6. The summed E-state index contributed by atoms with van der Waals surface area (Å²) in [4.78, 5) is 12.6. The molecule has 0 atom stereocenters. The molecule has 2 radical (unpaired) electrons. The number of para-hydroxylation sites is 6. The molecule has 0 amide bonds. The minimum Gasteiger partial charge on any atom is -0.635 e. The standard InChI is InChI=1S/2C14H8N2O2.2Al.O/c1-15-11-7-4-5-9(13(11)17)14-16-10-6-2-3-8-12(10)18-14;15-8-9-4-3-5-10(13(9)17)14-16-11-6-1-2-7-12(11)18-14;;;/h2-8,17H;1-7,17H;;;/q;;2*+1;/p-2. The molecule has 182 valence electrons. The lowest BCUT2D eigenvalue weighted by Crippen LogP contribution is -2.17. The number of oxazole rings is 2. The number of rotatable bonds is 8. The van der Waals surface area contributed by atoms with Gasteiger partial charge < -0.3 is 19.3 Å². The van der Waals surface area contributed by atoms with E-state index < -0.39 is 31.8 Å². The maximum Gasteiger partial charge on any atom is 0.743 e. The Morgan fingerprint density at radius 3 is 1.87 bits per heavy atom. The summed E-state index contributed by atoms with van der Waals surface area (Å²) in [5.74, 6) is 1.36. The monoisotopic (exact) mass is 540 g/mol. The van der Waals surface area contributed by atoms with E-state index in [-0.39, 0.29) is 0 Å². The number of nitriles is 1. The molecule has 0 aliphatic carbocycles. The van der Waals surface area contributed by atoms with Crippen LogP contribution in [0.2, 0.25) is 0 Å². The number of fused-ring (bicyclic) bond motifs is 2. The van der Waals surface area contributed by atoms with Crippen molar-refractivity contribution in [3.8, 4) is 40.5 Å². The molecule has 4 aromatic carbocycles. The minimum absolute atomic E-state index is 0.315. The second-order valence-corrected chi connectivity index (χ2v) is 10.0. The Hall–Kier alpha value is -4.58. The fraction of sp³-hybridized carbons (Fsp3) is 0. The molecule has 0 aliphatic rings. The second-order valence-electron chi connectivity index (χ2n) is 8.10. The maximum absolute atomic E-state index is 9.65. The quantitative estimate of drug-likeness (QED) is 0.126. The van der Waals surface area contributed by atoms with Crippen molar-refractivity contribution in [3.63, 3.8) is 0 Å². The molecule has 2 heterocycles. The summed E-state index contributed by atoms with van der Waals surface area (Å²) in [5.41, 5.74) is 4.44. The van der Waals surface area contributed by atoms with Crippen LogP contribution in [-0.4, -0.2) is 41.7 Å². The molecule has 0 N–H and O–H groups in total. The van der Waals surface area contributed by atoms with Crippen LogP contribution in [-0.2, 0) is 2.84 Å². The average molecular weight is 540 g/mol. The van der Waals surface area contributed by atoms with Crippen LogP contribution >= 0.6 is 0 Å². The van der Waals surface area contributed by atoms with Crippen LogP contribution in [0.15, 0.2) is 93.8 Å². The van der Waals surface area contributed by atoms with Crippen molar-refractivity contribution < 1.29 is 19.3 Å². The first-order chi connectivity index (χ1) is 19.2. The number of aromatic nitrogens is 2. The SMILES string of the molecule is [C-]#[N+]c1cccc(-c2nc3ccccc3o2)c1[O][Al][O][Al][O]c1c(C#N)cccc1-c1nc2ccccc2o1. The van der Waals surface area contributed by atoms with Gasteiger partial charge in [-0.05, 0) is 42.5 Å². The van der Waals surface area contributed by atoms with E-state index in [1.165, 1.54) is 0 Å². The molecule has 11 heteroatoms. The number of hydrogen-bond acceptors (Lipinski definition) is 8. The lowest BCUT2D eigenvalue weighted by atomic mass is 10.1. The Kier molecular flexibility index (Phi) is 7.00. The molecule has 6 rings (SSSR count). The summed E-state index contributed by atoms with van der Waals surface area (Å²) in [6.07, 6.45) is 0.